The summed E-state index contributed by atoms with van der Waals surface area (Å²) in [6.45, 7) is 0.0885. The van der Waals surface area contributed by atoms with Gasteiger partial charge in [-0.3, -0.25) is 9.59 Å². The molecule has 0 bridgehead atoms. The van der Waals surface area contributed by atoms with Gasteiger partial charge in [-0.1, -0.05) is 34.8 Å². The molecule has 0 radical (unpaired) electrons. The Bertz CT molecular complexity index is 909. The van der Waals surface area contributed by atoms with E-state index in [4.69, 9.17) is 34.8 Å². The SMILES string of the molecule is O=C(CN(CC(=O)c1ccc(Cl)cc1)c1ccc(Cl)cc1)c1ccc(Cl)cc1. The zero-order valence-electron chi connectivity index (χ0n) is 14.7. The zero-order valence-corrected chi connectivity index (χ0v) is 17.0. The minimum Gasteiger partial charge on any atom is -0.356 e. The molecule has 0 spiro atoms. The number of hydrogen-bond acceptors (Lipinski definition) is 3. The van der Waals surface area contributed by atoms with Crippen molar-refractivity contribution in [2.75, 3.05) is 18.0 Å². The van der Waals surface area contributed by atoms with E-state index in [1.54, 1.807) is 77.7 Å². The summed E-state index contributed by atoms with van der Waals surface area (Å²) in [5.41, 5.74) is 1.79. The third-order valence-electron chi connectivity index (χ3n) is 4.19. The van der Waals surface area contributed by atoms with Crippen LogP contribution < -0.4 is 4.90 Å². The molecule has 0 heterocycles. The predicted octanol–water partition coefficient (Wildman–Crippen LogP) is 6.22. The second kappa shape index (κ2) is 9.24. The standard InChI is InChI=1S/C22H16Cl3NO2/c23-17-5-1-15(2-6-17)21(27)13-26(20-11-9-19(25)10-12-20)14-22(28)16-3-7-18(24)8-4-16/h1-12H,13-14H2. The summed E-state index contributed by atoms with van der Waals surface area (Å²) in [5, 5.41) is 1.70. The number of anilines is 1. The van der Waals surface area contributed by atoms with Crippen molar-refractivity contribution >= 4 is 52.1 Å². The van der Waals surface area contributed by atoms with Crippen molar-refractivity contribution in [2.45, 2.75) is 0 Å². The van der Waals surface area contributed by atoms with Crippen LogP contribution in [0, 0.1) is 0 Å². The Morgan fingerprint density at radius 3 is 1.25 bits per heavy atom. The Kier molecular flexibility index (Phi) is 6.74. The molecule has 0 fully saturated rings. The van der Waals surface area contributed by atoms with Gasteiger partial charge in [0, 0.05) is 31.9 Å². The molecule has 3 nitrogen and oxygen atoms in total. The van der Waals surface area contributed by atoms with Crippen LogP contribution >= 0.6 is 34.8 Å². The summed E-state index contributed by atoms with van der Waals surface area (Å²) >= 11 is 17.8. The topological polar surface area (TPSA) is 37.4 Å². The molecule has 0 N–H and O–H groups in total. The monoisotopic (exact) mass is 431 g/mol. The van der Waals surface area contributed by atoms with Gasteiger partial charge in [0.2, 0.25) is 0 Å². The molecule has 3 aromatic carbocycles. The Labute approximate surface area is 178 Å². The summed E-state index contributed by atoms with van der Waals surface area (Å²) in [4.78, 5) is 27.2. The van der Waals surface area contributed by atoms with Crippen molar-refractivity contribution in [2.24, 2.45) is 0 Å². The van der Waals surface area contributed by atoms with Crippen molar-refractivity contribution in [3.63, 3.8) is 0 Å². The van der Waals surface area contributed by atoms with Gasteiger partial charge in [0.1, 0.15) is 0 Å². The van der Waals surface area contributed by atoms with Crippen molar-refractivity contribution in [1.29, 1.82) is 0 Å². The van der Waals surface area contributed by atoms with Crippen molar-refractivity contribution in [3.8, 4) is 0 Å². The molecule has 3 rings (SSSR count). The van der Waals surface area contributed by atoms with Crippen LogP contribution in [0.4, 0.5) is 5.69 Å². The molecule has 0 aliphatic heterocycles. The maximum absolute atomic E-state index is 12.7. The van der Waals surface area contributed by atoms with E-state index in [0.717, 1.165) is 5.69 Å². The maximum Gasteiger partial charge on any atom is 0.182 e. The summed E-state index contributed by atoms with van der Waals surface area (Å²) in [6.07, 6.45) is 0. The number of nitrogens with zero attached hydrogens (tertiary/aromatic N) is 1. The normalized spacial score (nSPS) is 10.5. The van der Waals surface area contributed by atoms with E-state index in [1.165, 1.54) is 0 Å². The van der Waals surface area contributed by atoms with E-state index < -0.39 is 0 Å². The van der Waals surface area contributed by atoms with Gasteiger partial charge in [-0.15, -0.1) is 0 Å². The minimum atomic E-state index is -0.115. The number of benzene rings is 3. The molecule has 142 valence electrons. The highest BCUT2D eigenvalue weighted by molar-refractivity contribution is 6.31. The predicted molar refractivity (Wildman–Crippen MR) is 115 cm³/mol. The van der Waals surface area contributed by atoms with Crippen LogP contribution in [0.25, 0.3) is 0 Å². The first-order valence-electron chi connectivity index (χ1n) is 8.50. The largest absolute Gasteiger partial charge is 0.356 e. The van der Waals surface area contributed by atoms with Crippen LogP contribution in [0.1, 0.15) is 20.7 Å². The highest BCUT2D eigenvalue weighted by atomic mass is 35.5. The number of carbonyl (C=O) groups excluding carboxylic acids is 2. The van der Waals surface area contributed by atoms with Crippen LogP contribution in [-0.2, 0) is 0 Å². The Morgan fingerprint density at radius 1 is 0.571 bits per heavy atom. The van der Waals surface area contributed by atoms with Crippen LogP contribution in [0.2, 0.25) is 15.1 Å². The fourth-order valence-corrected chi connectivity index (χ4v) is 3.07. The molecule has 0 saturated heterocycles. The average molecular weight is 433 g/mol. The van der Waals surface area contributed by atoms with E-state index in [9.17, 15) is 9.59 Å². The van der Waals surface area contributed by atoms with Crippen LogP contribution in [0.5, 0.6) is 0 Å². The number of rotatable bonds is 7. The smallest absolute Gasteiger partial charge is 0.182 e. The Morgan fingerprint density at radius 2 is 0.893 bits per heavy atom. The van der Waals surface area contributed by atoms with Gasteiger partial charge in [-0.25, -0.2) is 0 Å². The molecule has 3 aromatic rings. The fraction of sp³-hybridized carbons (Fsp3) is 0.0909. The van der Waals surface area contributed by atoms with Crippen molar-refractivity contribution in [1.82, 2.24) is 0 Å². The number of carbonyl (C=O) groups is 2. The molecule has 0 amide bonds. The van der Waals surface area contributed by atoms with Gasteiger partial charge >= 0.3 is 0 Å². The lowest BCUT2D eigenvalue weighted by molar-refractivity contribution is 0.0984. The molecule has 0 aliphatic rings. The fourth-order valence-electron chi connectivity index (χ4n) is 2.69. The van der Waals surface area contributed by atoms with Gasteiger partial charge in [-0.2, -0.15) is 0 Å². The van der Waals surface area contributed by atoms with E-state index in [2.05, 4.69) is 0 Å². The van der Waals surface area contributed by atoms with E-state index >= 15 is 0 Å². The van der Waals surface area contributed by atoms with Gasteiger partial charge in [0.05, 0.1) is 13.1 Å². The first-order valence-corrected chi connectivity index (χ1v) is 9.64. The van der Waals surface area contributed by atoms with E-state index in [0.29, 0.717) is 26.2 Å². The van der Waals surface area contributed by atoms with E-state index in [1.807, 2.05) is 0 Å². The van der Waals surface area contributed by atoms with Crippen LogP contribution in [0.3, 0.4) is 0 Å². The zero-order chi connectivity index (χ0) is 20.1. The molecule has 0 aliphatic carbocycles. The lowest BCUT2D eigenvalue weighted by Crippen LogP contribution is -2.34. The van der Waals surface area contributed by atoms with Gasteiger partial charge < -0.3 is 4.90 Å². The minimum absolute atomic E-state index is 0.0442. The Balaban J connectivity index is 1.83. The third kappa shape index (κ3) is 5.35. The second-order valence-corrected chi connectivity index (χ2v) is 7.50. The summed E-state index contributed by atoms with van der Waals surface area (Å²) in [5.74, 6) is -0.231. The van der Waals surface area contributed by atoms with Crippen LogP contribution in [-0.4, -0.2) is 24.7 Å². The number of halogens is 3. The molecule has 0 saturated carbocycles. The summed E-state index contributed by atoms with van der Waals surface area (Å²) in [7, 11) is 0. The molecule has 0 aromatic heterocycles. The maximum atomic E-state index is 12.7. The Hall–Kier alpha value is -2.33. The van der Waals surface area contributed by atoms with Gasteiger partial charge in [-0.05, 0) is 72.8 Å². The van der Waals surface area contributed by atoms with E-state index in [-0.39, 0.29) is 24.7 Å². The molecule has 6 heteroatoms. The third-order valence-corrected chi connectivity index (χ3v) is 4.95. The number of ketones is 2. The molecule has 0 unspecified atom stereocenters. The first kappa shape index (κ1) is 20.4. The quantitative estimate of drug-likeness (QED) is 0.416. The highest BCUT2D eigenvalue weighted by Gasteiger charge is 2.18. The first-order chi connectivity index (χ1) is 13.4. The average Bonchev–Trinajstić information content (AvgIpc) is 2.69. The molecule has 0 atom stereocenters. The highest BCUT2D eigenvalue weighted by Crippen LogP contribution is 2.20. The number of hydrogen-bond donors (Lipinski definition) is 0. The van der Waals surface area contributed by atoms with Gasteiger partial charge in [0.15, 0.2) is 11.6 Å². The summed E-state index contributed by atoms with van der Waals surface area (Å²) in [6, 6.07) is 20.4. The molecular weight excluding hydrogens is 417 g/mol. The van der Waals surface area contributed by atoms with Gasteiger partial charge in [0.25, 0.3) is 0 Å². The summed E-state index contributed by atoms with van der Waals surface area (Å²) < 4.78 is 0. The molecular formula is C22H16Cl3NO2. The lowest BCUT2D eigenvalue weighted by atomic mass is 10.1. The van der Waals surface area contributed by atoms with Crippen LogP contribution in [0.15, 0.2) is 72.8 Å². The van der Waals surface area contributed by atoms with Crippen molar-refractivity contribution < 1.29 is 9.59 Å². The molecule has 28 heavy (non-hydrogen) atoms. The van der Waals surface area contributed by atoms with Crippen molar-refractivity contribution in [3.05, 3.63) is 99.0 Å². The second-order valence-electron chi connectivity index (χ2n) is 6.19. The lowest BCUT2D eigenvalue weighted by Gasteiger charge is -2.23. The number of Topliss-reactive ketones (excluding diaryl/α,β-unsaturated/α-hetero) is 2.